The normalized spacial score (nSPS) is 9.95. The van der Waals surface area contributed by atoms with Gasteiger partial charge in [0.15, 0.2) is 0 Å². The van der Waals surface area contributed by atoms with Crippen molar-refractivity contribution >= 4 is 11.6 Å². The number of hydrogen-bond donors (Lipinski definition) is 0. The molecule has 0 saturated carbocycles. The number of rotatable bonds is 4. The summed E-state index contributed by atoms with van der Waals surface area (Å²) in [4.78, 5) is 0. The zero-order valence-corrected chi connectivity index (χ0v) is 11.4. The van der Waals surface area contributed by atoms with Gasteiger partial charge in [0.05, 0.1) is 17.5 Å². The molecular formula is C16H14ClNO. The van der Waals surface area contributed by atoms with Gasteiger partial charge in [-0.3, -0.25) is 0 Å². The molecule has 2 aromatic rings. The van der Waals surface area contributed by atoms with Crippen molar-refractivity contribution in [2.45, 2.75) is 19.4 Å². The van der Waals surface area contributed by atoms with Crippen LogP contribution in [0.4, 0.5) is 0 Å². The van der Waals surface area contributed by atoms with E-state index >= 15 is 0 Å². The van der Waals surface area contributed by atoms with E-state index in [1.54, 1.807) is 12.1 Å². The van der Waals surface area contributed by atoms with Crippen LogP contribution >= 0.6 is 11.6 Å². The van der Waals surface area contributed by atoms with Crippen LogP contribution in [0.2, 0.25) is 0 Å². The van der Waals surface area contributed by atoms with Crippen LogP contribution in [0.15, 0.2) is 42.5 Å². The minimum atomic E-state index is 0.435. The Morgan fingerprint density at radius 2 is 1.89 bits per heavy atom. The van der Waals surface area contributed by atoms with E-state index in [0.29, 0.717) is 18.1 Å². The van der Waals surface area contributed by atoms with Crippen molar-refractivity contribution in [2.24, 2.45) is 0 Å². The molecule has 0 aliphatic rings. The van der Waals surface area contributed by atoms with Gasteiger partial charge in [-0.15, -0.1) is 11.6 Å². The highest BCUT2D eigenvalue weighted by atomic mass is 35.5. The van der Waals surface area contributed by atoms with Gasteiger partial charge < -0.3 is 4.74 Å². The van der Waals surface area contributed by atoms with Gasteiger partial charge >= 0.3 is 0 Å². The third kappa shape index (κ3) is 3.49. The Labute approximate surface area is 118 Å². The highest BCUT2D eigenvalue weighted by Crippen LogP contribution is 2.23. The van der Waals surface area contributed by atoms with E-state index in [1.807, 2.05) is 37.3 Å². The van der Waals surface area contributed by atoms with Crippen molar-refractivity contribution in [3.8, 4) is 11.8 Å². The molecule has 0 unspecified atom stereocenters. The number of alkyl halides is 1. The van der Waals surface area contributed by atoms with E-state index in [9.17, 15) is 0 Å². The molecule has 0 aliphatic carbocycles. The molecule has 19 heavy (non-hydrogen) atoms. The number of aryl methyl sites for hydroxylation is 1. The topological polar surface area (TPSA) is 33.0 Å². The SMILES string of the molecule is Cc1ccc(OCc2ccc(C#N)cc2)c(CCl)c1. The van der Waals surface area contributed by atoms with Crippen molar-refractivity contribution in [1.82, 2.24) is 0 Å². The molecule has 2 rings (SSSR count). The van der Waals surface area contributed by atoms with Crippen LogP contribution in [0.5, 0.6) is 5.75 Å². The van der Waals surface area contributed by atoms with E-state index in [1.165, 1.54) is 5.56 Å². The first-order chi connectivity index (χ1) is 9.22. The van der Waals surface area contributed by atoms with E-state index in [2.05, 4.69) is 6.07 Å². The molecular weight excluding hydrogens is 258 g/mol. The summed E-state index contributed by atoms with van der Waals surface area (Å²) in [6.45, 7) is 2.50. The number of halogens is 1. The van der Waals surface area contributed by atoms with Gasteiger partial charge in [0.2, 0.25) is 0 Å². The Kier molecular flexibility index (Phi) is 4.43. The average Bonchev–Trinajstić information content (AvgIpc) is 2.46. The summed E-state index contributed by atoms with van der Waals surface area (Å²) in [5.41, 5.74) is 3.84. The molecule has 0 aromatic heterocycles. The fraction of sp³-hybridized carbons (Fsp3) is 0.188. The highest BCUT2D eigenvalue weighted by molar-refractivity contribution is 6.17. The largest absolute Gasteiger partial charge is 0.489 e. The van der Waals surface area contributed by atoms with Gasteiger partial charge in [-0.1, -0.05) is 29.8 Å². The monoisotopic (exact) mass is 271 g/mol. The first-order valence-electron chi connectivity index (χ1n) is 6.00. The minimum absolute atomic E-state index is 0.435. The fourth-order valence-corrected chi connectivity index (χ4v) is 2.00. The van der Waals surface area contributed by atoms with Crippen molar-refractivity contribution < 1.29 is 4.74 Å². The number of ether oxygens (including phenoxy) is 1. The molecule has 0 radical (unpaired) electrons. The smallest absolute Gasteiger partial charge is 0.124 e. The maximum absolute atomic E-state index is 8.73. The molecule has 0 saturated heterocycles. The van der Waals surface area contributed by atoms with Crippen LogP contribution in [0.25, 0.3) is 0 Å². The number of benzene rings is 2. The third-order valence-corrected chi connectivity index (χ3v) is 3.13. The summed E-state index contributed by atoms with van der Waals surface area (Å²) in [5.74, 6) is 1.25. The quantitative estimate of drug-likeness (QED) is 0.782. The van der Waals surface area contributed by atoms with E-state index in [0.717, 1.165) is 16.9 Å². The molecule has 2 aromatic carbocycles. The molecule has 3 heteroatoms. The summed E-state index contributed by atoms with van der Waals surface area (Å²) in [6, 6.07) is 15.4. The van der Waals surface area contributed by atoms with Crippen molar-refractivity contribution in [1.29, 1.82) is 5.26 Å². The lowest BCUT2D eigenvalue weighted by atomic mass is 10.1. The van der Waals surface area contributed by atoms with Crippen molar-refractivity contribution in [2.75, 3.05) is 0 Å². The summed E-state index contributed by atoms with van der Waals surface area (Å²) in [6.07, 6.45) is 0. The first-order valence-corrected chi connectivity index (χ1v) is 6.53. The molecule has 0 fully saturated rings. The second kappa shape index (κ2) is 6.26. The lowest BCUT2D eigenvalue weighted by Crippen LogP contribution is -1.98. The van der Waals surface area contributed by atoms with E-state index in [4.69, 9.17) is 21.6 Å². The zero-order valence-electron chi connectivity index (χ0n) is 10.7. The summed E-state index contributed by atoms with van der Waals surface area (Å²) in [7, 11) is 0. The van der Waals surface area contributed by atoms with Crippen LogP contribution in [0.1, 0.15) is 22.3 Å². The summed E-state index contributed by atoms with van der Waals surface area (Å²) < 4.78 is 5.78. The highest BCUT2D eigenvalue weighted by Gasteiger charge is 2.03. The Morgan fingerprint density at radius 3 is 2.53 bits per heavy atom. The second-order valence-electron chi connectivity index (χ2n) is 4.34. The predicted octanol–water partition coefficient (Wildman–Crippen LogP) is 4.18. The van der Waals surface area contributed by atoms with Gasteiger partial charge in [-0.05, 0) is 30.7 Å². The molecule has 0 spiro atoms. The van der Waals surface area contributed by atoms with E-state index in [-0.39, 0.29) is 0 Å². The molecule has 0 bridgehead atoms. The number of hydrogen-bond acceptors (Lipinski definition) is 2. The Hall–Kier alpha value is -1.98. The second-order valence-corrected chi connectivity index (χ2v) is 4.61. The van der Waals surface area contributed by atoms with Gasteiger partial charge in [0.25, 0.3) is 0 Å². The summed E-state index contributed by atoms with van der Waals surface area (Å²) in [5, 5.41) is 8.73. The first kappa shape index (κ1) is 13.5. The van der Waals surface area contributed by atoms with Crippen LogP contribution in [0.3, 0.4) is 0 Å². The average molecular weight is 272 g/mol. The standard InChI is InChI=1S/C16H14ClNO/c1-12-2-7-16(15(8-12)9-17)19-11-14-5-3-13(10-18)4-6-14/h2-8H,9,11H2,1H3. The molecule has 0 aliphatic heterocycles. The maximum atomic E-state index is 8.73. The van der Waals surface area contributed by atoms with Gasteiger partial charge in [0, 0.05) is 5.56 Å². The zero-order chi connectivity index (χ0) is 13.7. The molecule has 0 N–H and O–H groups in total. The van der Waals surface area contributed by atoms with Crippen molar-refractivity contribution in [3.63, 3.8) is 0 Å². The number of nitriles is 1. The van der Waals surface area contributed by atoms with Crippen LogP contribution < -0.4 is 4.74 Å². The maximum Gasteiger partial charge on any atom is 0.124 e. The fourth-order valence-electron chi connectivity index (χ4n) is 1.79. The van der Waals surface area contributed by atoms with E-state index < -0.39 is 0 Å². The Bertz CT molecular complexity index is 599. The Morgan fingerprint density at radius 1 is 1.16 bits per heavy atom. The lowest BCUT2D eigenvalue weighted by molar-refractivity contribution is 0.304. The third-order valence-electron chi connectivity index (χ3n) is 2.84. The lowest BCUT2D eigenvalue weighted by Gasteiger charge is -2.10. The number of nitrogens with zero attached hydrogens (tertiary/aromatic N) is 1. The van der Waals surface area contributed by atoms with Crippen LogP contribution in [-0.2, 0) is 12.5 Å². The molecule has 0 amide bonds. The van der Waals surface area contributed by atoms with Crippen molar-refractivity contribution in [3.05, 3.63) is 64.7 Å². The van der Waals surface area contributed by atoms with Gasteiger partial charge in [-0.2, -0.15) is 5.26 Å². The molecule has 96 valence electrons. The molecule has 0 heterocycles. The predicted molar refractivity (Wildman–Crippen MR) is 76.2 cm³/mol. The Balaban J connectivity index is 2.07. The van der Waals surface area contributed by atoms with Gasteiger partial charge in [-0.25, -0.2) is 0 Å². The van der Waals surface area contributed by atoms with Crippen LogP contribution in [-0.4, -0.2) is 0 Å². The van der Waals surface area contributed by atoms with Gasteiger partial charge in [0.1, 0.15) is 12.4 Å². The summed E-state index contributed by atoms with van der Waals surface area (Å²) >= 11 is 5.91. The molecule has 0 atom stereocenters. The molecule has 2 nitrogen and oxygen atoms in total. The van der Waals surface area contributed by atoms with Crippen LogP contribution in [0, 0.1) is 18.3 Å². The minimum Gasteiger partial charge on any atom is -0.489 e.